The Balaban J connectivity index is 2.09. The molecule has 0 aliphatic heterocycles. The number of aliphatic hydroxyl groups is 1. The molecule has 1 amide bonds. The summed E-state index contributed by atoms with van der Waals surface area (Å²) < 4.78 is 0. The van der Waals surface area contributed by atoms with Gasteiger partial charge in [-0.3, -0.25) is 4.79 Å². The van der Waals surface area contributed by atoms with E-state index in [1.165, 1.54) is 0 Å². The summed E-state index contributed by atoms with van der Waals surface area (Å²) >= 11 is 6.06. The number of hydrogen-bond donors (Lipinski definition) is 2. The van der Waals surface area contributed by atoms with Gasteiger partial charge in [0, 0.05) is 11.5 Å². The maximum Gasteiger partial charge on any atom is 0.253 e. The molecule has 98 valence electrons. The molecule has 2 atom stereocenters. The van der Waals surface area contributed by atoms with Crippen LogP contribution in [0.1, 0.15) is 36.2 Å². The molecule has 18 heavy (non-hydrogen) atoms. The number of aliphatic hydroxyl groups excluding tert-OH is 1. The van der Waals surface area contributed by atoms with Gasteiger partial charge in [-0.15, -0.1) is 0 Å². The first-order chi connectivity index (χ1) is 8.32. The Labute approximate surface area is 112 Å². The van der Waals surface area contributed by atoms with E-state index in [1.54, 1.807) is 12.1 Å². The number of hydrogen-bond acceptors (Lipinski definition) is 2. The highest BCUT2D eigenvalue weighted by atomic mass is 35.5. The Morgan fingerprint density at radius 1 is 1.50 bits per heavy atom. The minimum atomic E-state index is -0.351. The van der Waals surface area contributed by atoms with Crippen LogP contribution in [0.3, 0.4) is 0 Å². The molecule has 1 aromatic carbocycles. The van der Waals surface area contributed by atoms with E-state index in [9.17, 15) is 9.90 Å². The van der Waals surface area contributed by atoms with E-state index < -0.39 is 0 Å². The smallest absolute Gasteiger partial charge is 0.253 e. The van der Waals surface area contributed by atoms with E-state index in [-0.39, 0.29) is 23.5 Å². The van der Waals surface area contributed by atoms with Crippen molar-refractivity contribution in [1.29, 1.82) is 0 Å². The number of amides is 1. The van der Waals surface area contributed by atoms with Crippen molar-refractivity contribution < 1.29 is 9.90 Å². The van der Waals surface area contributed by atoms with E-state index in [0.29, 0.717) is 17.0 Å². The number of benzene rings is 1. The molecule has 0 saturated heterocycles. The average molecular weight is 268 g/mol. The fourth-order valence-corrected chi connectivity index (χ4v) is 2.51. The lowest BCUT2D eigenvalue weighted by molar-refractivity contribution is -0.0689. The van der Waals surface area contributed by atoms with Gasteiger partial charge in [-0.2, -0.15) is 0 Å². The van der Waals surface area contributed by atoms with Gasteiger partial charge in [0.1, 0.15) is 0 Å². The summed E-state index contributed by atoms with van der Waals surface area (Å²) in [5.41, 5.74) is 1.24. The van der Waals surface area contributed by atoms with Gasteiger partial charge in [-0.05, 0) is 31.0 Å². The van der Waals surface area contributed by atoms with Crippen molar-refractivity contribution in [3.05, 3.63) is 34.3 Å². The average Bonchev–Trinajstić information content (AvgIpc) is 2.28. The van der Waals surface area contributed by atoms with Crippen LogP contribution in [0, 0.1) is 12.3 Å². The third-order valence-electron chi connectivity index (χ3n) is 3.89. The lowest BCUT2D eigenvalue weighted by Crippen LogP contribution is -2.61. The van der Waals surface area contributed by atoms with E-state index in [2.05, 4.69) is 5.32 Å². The number of halogens is 1. The normalized spacial score (nSPS) is 25.4. The molecule has 3 nitrogen and oxygen atoms in total. The standard InChI is InChI=1S/C14H18ClNO2/c1-8-4-5-9(10(15)6-8)13(18)16-11-7-12(17)14(11,2)3/h4-6,11-12,17H,7H2,1-3H3,(H,16,18). The van der Waals surface area contributed by atoms with Crippen LogP contribution >= 0.6 is 11.6 Å². The molecule has 1 aliphatic carbocycles. The first kappa shape index (κ1) is 13.4. The molecule has 1 aliphatic rings. The third kappa shape index (κ3) is 2.25. The van der Waals surface area contributed by atoms with E-state index in [0.717, 1.165) is 5.56 Å². The van der Waals surface area contributed by atoms with Crippen LogP contribution in [-0.4, -0.2) is 23.2 Å². The minimum Gasteiger partial charge on any atom is -0.392 e. The Morgan fingerprint density at radius 3 is 2.67 bits per heavy atom. The Morgan fingerprint density at radius 2 is 2.17 bits per heavy atom. The summed E-state index contributed by atoms with van der Waals surface area (Å²) in [7, 11) is 0. The van der Waals surface area contributed by atoms with Crippen LogP contribution in [-0.2, 0) is 0 Å². The van der Waals surface area contributed by atoms with E-state index >= 15 is 0 Å². The van der Waals surface area contributed by atoms with E-state index in [1.807, 2.05) is 26.8 Å². The summed E-state index contributed by atoms with van der Waals surface area (Å²) in [6.45, 7) is 5.82. The van der Waals surface area contributed by atoms with Crippen LogP contribution in [0.2, 0.25) is 5.02 Å². The maximum atomic E-state index is 12.1. The Bertz CT molecular complexity index is 485. The zero-order valence-corrected chi connectivity index (χ0v) is 11.6. The molecule has 0 bridgehead atoms. The third-order valence-corrected chi connectivity index (χ3v) is 4.20. The zero-order valence-electron chi connectivity index (χ0n) is 10.8. The summed E-state index contributed by atoms with van der Waals surface area (Å²) in [5, 5.41) is 13.0. The SMILES string of the molecule is Cc1ccc(C(=O)NC2CC(O)C2(C)C)c(Cl)c1. The summed E-state index contributed by atoms with van der Waals surface area (Å²) in [5.74, 6) is -0.176. The van der Waals surface area contributed by atoms with Crippen molar-refractivity contribution in [3.8, 4) is 0 Å². The number of carbonyl (C=O) groups is 1. The fraction of sp³-hybridized carbons (Fsp3) is 0.500. The molecule has 2 unspecified atom stereocenters. The van der Waals surface area contributed by atoms with Crippen molar-refractivity contribution in [2.24, 2.45) is 5.41 Å². The zero-order chi connectivity index (χ0) is 13.5. The van der Waals surface area contributed by atoms with Crippen molar-refractivity contribution in [1.82, 2.24) is 5.32 Å². The van der Waals surface area contributed by atoms with Crippen molar-refractivity contribution in [2.45, 2.75) is 39.3 Å². The van der Waals surface area contributed by atoms with Crippen LogP contribution in [0.15, 0.2) is 18.2 Å². The molecule has 1 fully saturated rings. The summed E-state index contributed by atoms with van der Waals surface area (Å²) in [6, 6.07) is 5.37. The van der Waals surface area contributed by atoms with Crippen molar-refractivity contribution in [2.75, 3.05) is 0 Å². The molecule has 0 spiro atoms. The van der Waals surface area contributed by atoms with Crippen molar-refractivity contribution in [3.63, 3.8) is 0 Å². The Kier molecular flexibility index (Phi) is 3.39. The molecular weight excluding hydrogens is 250 g/mol. The second-order valence-corrected chi connectivity index (χ2v) is 5.99. The van der Waals surface area contributed by atoms with Gasteiger partial charge >= 0.3 is 0 Å². The highest BCUT2D eigenvalue weighted by molar-refractivity contribution is 6.33. The van der Waals surface area contributed by atoms with Crippen LogP contribution < -0.4 is 5.32 Å². The first-order valence-electron chi connectivity index (χ1n) is 6.07. The molecule has 0 radical (unpaired) electrons. The number of carbonyl (C=O) groups excluding carboxylic acids is 1. The summed E-state index contributed by atoms with van der Waals surface area (Å²) in [4.78, 5) is 12.1. The molecule has 0 heterocycles. The van der Waals surface area contributed by atoms with Gasteiger partial charge in [-0.1, -0.05) is 31.5 Å². The predicted octanol–water partition coefficient (Wildman–Crippen LogP) is 2.54. The predicted molar refractivity (Wildman–Crippen MR) is 71.8 cm³/mol. The summed E-state index contributed by atoms with van der Waals surface area (Å²) in [6.07, 6.45) is 0.249. The largest absolute Gasteiger partial charge is 0.392 e. The highest BCUT2D eigenvalue weighted by Gasteiger charge is 2.48. The van der Waals surface area contributed by atoms with Gasteiger partial charge in [-0.25, -0.2) is 0 Å². The van der Waals surface area contributed by atoms with Crippen LogP contribution in [0.4, 0.5) is 0 Å². The van der Waals surface area contributed by atoms with Gasteiger partial charge in [0.2, 0.25) is 0 Å². The second kappa shape index (κ2) is 4.56. The topological polar surface area (TPSA) is 49.3 Å². The molecule has 2 rings (SSSR count). The lowest BCUT2D eigenvalue weighted by Gasteiger charge is -2.49. The first-order valence-corrected chi connectivity index (χ1v) is 6.45. The fourth-order valence-electron chi connectivity index (χ4n) is 2.19. The van der Waals surface area contributed by atoms with Gasteiger partial charge < -0.3 is 10.4 Å². The molecule has 1 saturated carbocycles. The quantitative estimate of drug-likeness (QED) is 0.865. The number of nitrogens with one attached hydrogen (secondary N) is 1. The van der Waals surface area contributed by atoms with Crippen LogP contribution in [0.5, 0.6) is 0 Å². The van der Waals surface area contributed by atoms with Crippen LogP contribution in [0.25, 0.3) is 0 Å². The highest BCUT2D eigenvalue weighted by Crippen LogP contribution is 2.40. The molecule has 4 heteroatoms. The Hall–Kier alpha value is -1.06. The van der Waals surface area contributed by atoms with E-state index in [4.69, 9.17) is 11.6 Å². The van der Waals surface area contributed by atoms with Gasteiger partial charge in [0.15, 0.2) is 0 Å². The van der Waals surface area contributed by atoms with Gasteiger partial charge in [0.05, 0.1) is 16.7 Å². The maximum absolute atomic E-state index is 12.1. The monoisotopic (exact) mass is 267 g/mol. The lowest BCUT2D eigenvalue weighted by atomic mass is 9.64. The molecule has 1 aromatic rings. The van der Waals surface area contributed by atoms with Crippen molar-refractivity contribution >= 4 is 17.5 Å². The number of aryl methyl sites for hydroxylation is 1. The molecular formula is C14H18ClNO2. The number of rotatable bonds is 2. The molecule has 2 N–H and O–H groups in total. The van der Waals surface area contributed by atoms with Gasteiger partial charge in [0.25, 0.3) is 5.91 Å². The second-order valence-electron chi connectivity index (χ2n) is 5.58. The minimum absolute atomic E-state index is 0.00244. The molecule has 0 aromatic heterocycles.